The van der Waals surface area contributed by atoms with Crippen LogP contribution in [-0.2, 0) is 16.0 Å². The Morgan fingerprint density at radius 3 is 2.47 bits per heavy atom. The first kappa shape index (κ1) is 22.3. The van der Waals surface area contributed by atoms with Crippen LogP contribution in [-0.4, -0.2) is 21.8 Å². The molecular formula is C26H18ClFN2O3S. The highest BCUT2D eigenvalue weighted by Gasteiger charge is 2.48. The van der Waals surface area contributed by atoms with Crippen LogP contribution in [0.2, 0.25) is 5.02 Å². The molecule has 170 valence electrons. The third-order valence-corrected chi connectivity index (χ3v) is 7.07. The summed E-state index contributed by atoms with van der Waals surface area (Å²) in [5.41, 5.74) is 2.58. The van der Waals surface area contributed by atoms with E-state index in [1.54, 1.807) is 24.3 Å². The number of anilines is 1. The minimum Gasteiger partial charge on any atom is -0.507 e. The molecule has 0 aliphatic carbocycles. The van der Waals surface area contributed by atoms with E-state index in [1.807, 2.05) is 18.2 Å². The molecular weight excluding hydrogens is 475 g/mol. The monoisotopic (exact) mass is 492 g/mol. The van der Waals surface area contributed by atoms with E-state index in [4.69, 9.17) is 11.6 Å². The molecule has 1 fully saturated rings. The van der Waals surface area contributed by atoms with Crippen molar-refractivity contribution in [3.8, 4) is 0 Å². The Labute approximate surface area is 203 Å². The fourth-order valence-electron chi connectivity index (χ4n) is 4.03. The summed E-state index contributed by atoms with van der Waals surface area (Å²) in [7, 11) is 0. The second kappa shape index (κ2) is 8.66. The number of carbonyl (C=O) groups is 2. The van der Waals surface area contributed by atoms with E-state index in [-0.39, 0.29) is 16.9 Å². The Hall–Kier alpha value is -3.55. The molecule has 1 saturated heterocycles. The van der Waals surface area contributed by atoms with Gasteiger partial charge in [-0.1, -0.05) is 48.1 Å². The van der Waals surface area contributed by atoms with Crippen molar-refractivity contribution in [1.82, 2.24) is 4.98 Å². The van der Waals surface area contributed by atoms with Crippen LogP contribution in [0.4, 0.5) is 9.52 Å². The molecule has 2 heterocycles. The first-order chi connectivity index (χ1) is 16.4. The molecule has 1 aliphatic heterocycles. The van der Waals surface area contributed by atoms with Crippen LogP contribution in [0.15, 0.2) is 72.3 Å². The molecule has 1 aliphatic rings. The van der Waals surface area contributed by atoms with E-state index in [0.717, 1.165) is 16.7 Å². The zero-order valence-corrected chi connectivity index (χ0v) is 19.5. The molecule has 4 aromatic rings. The fraction of sp³-hybridized carbons (Fsp3) is 0.115. The normalized spacial score (nSPS) is 17.6. The minimum absolute atomic E-state index is 0.0903. The molecule has 1 N–H and O–H groups in total. The van der Waals surface area contributed by atoms with Crippen LogP contribution in [0.5, 0.6) is 0 Å². The molecule has 3 aromatic carbocycles. The summed E-state index contributed by atoms with van der Waals surface area (Å²) >= 11 is 7.37. The van der Waals surface area contributed by atoms with Crippen molar-refractivity contribution in [3.63, 3.8) is 0 Å². The number of fused-ring (bicyclic) bond motifs is 1. The molecule has 1 atom stereocenters. The summed E-state index contributed by atoms with van der Waals surface area (Å²) < 4.78 is 14.3. The summed E-state index contributed by atoms with van der Waals surface area (Å²) in [6.45, 7) is 2.05. The summed E-state index contributed by atoms with van der Waals surface area (Å²) in [5, 5.41) is 11.9. The average molecular weight is 493 g/mol. The van der Waals surface area contributed by atoms with Gasteiger partial charge in [0.15, 0.2) is 5.13 Å². The number of aryl methyl sites for hydroxylation is 1. The summed E-state index contributed by atoms with van der Waals surface area (Å²) in [4.78, 5) is 32.4. The molecule has 1 aromatic heterocycles. The van der Waals surface area contributed by atoms with Crippen molar-refractivity contribution in [2.24, 2.45) is 0 Å². The van der Waals surface area contributed by atoms with E-state index >= 15 is 0 Å². The molecule has 0 saturated carbocycles. The van der Waals surface area contributed by atoms with Crippen molar-refractivity contribution in [3.05, 3.63) is 99.8 Å². The fourth-order valence-corrected chi connectivity index (χ4v) is 5.22. The highest BCUT2D eigenvalue weighted by molar-refractivity contribution is 7.22. The quantitative estimate of drug-likeness (QED) is 0.207. The maximum Gasteiger partial charge on any atom is 0.301 e. The zero-order chi connectivity index (χ0) is 24.0. The number of aliphatic hydroxyl groups is 1. The van der Waals surface area contributed by atoms with Crippen molar-refractivity contribution in [2.75, 3.05) is 4.90 Å². The number of halogens is 2. The number of ketones is 1. The second-order valence-electron chi connectivity index (χ2n) is 7.88. The molecule has 0 bridgehead atoms. The van der Waals surface area contributed by atoms with Crippen molar-refractivity contribution < 1.29 is 19.1 Å². The SMILES string of the molecule is CCc1ccc2nc(N3C(=O)C(=O)C(=C(O)c4ccc(F)cc4)[C@H]3c3ccc(Cl)cc3)sc2c1. The number of hydrogen-bond acceptors (Lipinski definition) is 5. The molecule has 34 heavy (non-hydrogen) atoms. The number of hydrogen-bond donors (Lipinski definition) is 1. The first-order valence-electron chi connectivity index (χ1n) is 10.6. The molecule has 5 rings (SSSR count). The van der Waals surface area contributed by atoms with Gasteiger partial charge in [0.1, 0.15) is 11.6 Å². The Balaban J connectivity index is 1.71. The largest absolute Gasteiger partial charge is 0.507 e. The zero-order valence-electron chi connectivity index (χ0n) is 18.0. The lowest BCUT2D eigenvalue weighted by Gasteiger charge is -2.23. The maximum absolute atomic E-state index is 13.4. The lowest BCUT2D eigenvalue weighted by atomic mass is 9.95. The number of nitrogens with zero attached hydrogens (tertiary/aromatic N) is 2. The lowest BCUT2D eigenvalue weighted by Crippen LogP contribution is -2.29. The predicted octanol–water partition coefficient (Wildman–Crippen LogP) is 6.28. The third kappa shape index (κ3) is 3.77. The molecule has 5 nitrogen and oxygen atoms in total. The van der Waals surface area contributed by atoms with Crippen molar-refractivity contribution >= 4 is 55.7 Å². The maximum atomic E-state index is 13.4. The van der Waals surface area contributed by atoms with Crippen LogP contribution in [0.25, 0.3) is 16.0 Å². The highest BCUT2D eigenvalue weighted by Crippen LogP contribution is 2.44. The van der Waals surface area contributed by atoms with Crippen molar-refractivity contribution in [2.45, 2.75) is 19.4 Å². The Kier molecular flexibility index (Phi) is 5.67. The second-order valence-corrected chi connectivity index (χ2v) is 9.33. The Bertz CT molecular complexity index is 1460. The Morgan fingerprint density at radius 2 is 1.79 bits per heavy atom. The number of aromatic nitrogens is 1. The number of carbonyl (C=O) groups excluding carboxylic acids is 2. The van der Waals surface area contributed by atoms with Gasteiger partial charge in [-0.2, -0.15) is 0 Å². The molecule has 0 unspecified atom stereocenters. The van der Waals surface area contributed by atoms with E-state index < -0.39 is 23.5 Å². The van der Waals surface area contributed by atoms with Gasteiger partial charge in [0, 0.05) is 10.6 Å². The van der Waals surface area contributed by atoms with Gasteiger partial charge < -0.3 is 5.11 Å². The summed E-state index contributed by atoms with van der Waals surface area (Å²) in [5.74, 6) is -2.49. The molecule has 1 amide bonds. The standard InChI is InChI=1S/C26H18ClFN2O3S/c1-2-14-3-12-19-20(13-14)34-26(29-19)30-22(15-4-8-17(27)9-5-15)21(24(32)25(30)33)23(31)16-6-10-18(28)11-7-16/h3-13,22,31H,2H2,1H3/t22-/m1/s1. The number of Topliss-reactive ketones (excluding diaryl/α,β-unsaturated/α-hetero) is 1. The van der Waals surface area contributed by atoms with Gasteiger partial charge >= 0.3 is 5.91 Å². The first-order valence-corrected chi connectivity index (χ1v) is 11.8. The van der Waals surface area contributed by atoms with E-state index in [1.165, 1.54) is 40.5 Å². The van der Waals surface area contributed by atoms with Crippen LogP contribution < -0.4 is 4.90 Å². The van der Waals surface area contributed by atoms with E-state index in [0.29, 0.717) is 21.2 Å². The topological polar surface area (TPSA) is 70.5 Å². The van der Waals surface area contributed by atoms with E-state index in [9.17, 15) is 19.1 Å². The van der Waals surface area contributed by atoms with Gasteiger partial charge in [-0.15, -0.1) is 0 Å². The number of amides is 1. The van der Waals surface area contributed by atoms with Gasteiger partial charge in [-0.05, 0) is 66.1 Å². The number of rotatable bonds is 4. The van der Waals surface area contributed by atoms with Crippen LogP contribution in [0, 0.1) is 5.82 Å². The molecule has 0 radical (unpaired) electrons. The van der Waals surface area contributed by atoms with Gasteiger partial charge in [-0.25, -0.2) is 9.37 Å². The number of benzene rings is 3. The van der Waals surface area contributed by atoms with E-state index in [2.05, 4.69) is 11.9 Å². The summed E-state index contributed by atoms with van der Waals surface area (Å²) in [6.07, 6.45) is 0.857. The van der Waals surface area contributed by atoms with Crippen LogP contribution in [0.1, 0.15) is 29.7 Å². The molecule has 0 spiro atoms. The smallest absolute Gasteiger partial charge is 0.301 e. The Morgan fingerprint density at radius 1 is 1.09 bits per heavy atom. The number of thiazole rings is 1. The average Bonchev–Trinajstić information content (AvgIpc) is 3.37. The lowest BCUT2D eigenvalue weighted by molar-refractivity contribution is -0.132. The van der Waals surface area contributed by atoms with Crippen LogP contribution in [0.3, 0.4) is 0 Å². The highest BCUT2D eigenvalue weighted by atomic mass is 35.5. The van der Waals surface area contributed by atoms with Crippen LogP contribution >= 0.6 is 22.9 Å². The van der Waals surface area contributed by atoms with Gasteiger partial charge in [0.25, 0.3) is 5.78 Å². The number of aliphatic hydroxyl groups excluding tert-OH is 1. The van der Waals surface area contributed by atoms with Gasteiger partial charge in [0.2, 0.25) is 0 Å². The van der Waals surface area contributed by atoms with Gasteiger partial charge in [-0.3, -0.25) is 14.5 Å². The third-order valence-electron chi connectivity index (χ3n) is 5.80. The molecule has 8 heteroatoms. The predicted molar refractivity (Wildman–Crippen MR) is 132 cm³/mol. The van der Waals surface area contributed by atoms with Gasteiger partial charge in [0.05, 0.1) is 21.8 Å². The van der Waals surface area contributed by atoms with Crippen molar-refractivity contribution in [1.29, 1.82) is 0 Å². The summed E-state index contributed by atoms with van der Waals surface area (Å²) in [6, 6.07) is 16.8. The minimum atomic E-state index is -0.923.